The molecule has 0 aromatic carbocycles. The summed E-state index contributed by atoms with van der Waals surface area (Å²) in [6, 6.07) is 1.59. The van der Waals surface area contributed by atoms with Gasteiger partial charge >= 0.3 is 0 Å². The van der Waals surface area contributed by atoms with E-state index >= 15 is 0 Å². The Morgan fingerprint density at radius 1 is 1.40 bits per heavy atom. The van der Waals surface area contributed by atoms with E-state index in [4.69, 9.17) is 0 Å². The zero-order chi connectivity index (χ0) is 7.78. The lowest BCUT2D eigenvalue weighted by molar-refractivity contribution is 0.807. The predicted molar refractivity (Wildman–Crippen MR) is 50.2 cm³/mol. The summed E-state index contributed by atoms with van der Waals surface area (Å²) in [4.78, 5) is 0. The minimum Gasteiger partial charge on any atom is -0.0688 e. The largest absolute Gasteiger partial charge is 0.0688 e. The number of hydrogen-bond acceptors (Lipinski definition) is 0. The van der Waals surface area contributed by atoms with Crippen LogP contribution in [-0.2, 0) is 0 Å². The molecular weight excluding hydrogens is 136 g/mol. The first kappa shape index (κ1) is 8.31. The van der Waals surface area contributed by atoms with E-state index in [2.05, 4.69) is 27.3 Å². The first-order chi connectivity index (χ1) is 4.57. The molecule has 1 rings (SSSR count). The number of rotatable bonds is 1. The van der Waals surface area contributed by atoms with Crippen molar-refractivity contribution in [2.45, 2.75) is 57.3 Å². The molecule has 1 heterocycles. The molecule has 0 N–H and O–H groups in total. The monoisotopic (exact) mass is 156 g/mol. The van der Waals surface area contributed by atoms with Crippen LogP contribution in [0.5, 0.6) is 0 Å². The Balaban J connectivity index is 2.66. The maximum absolute atomic E-state index is 2.59. The van der Waals surface area contributed by atoms with Gasteiger partial charge in [-0.3, -0.25) is 0 Å². The summed E-state index contributed by atoms with van der Waals surface area (Å²) >= 11 is 0. The first-order valence-corrected chi connectivity index (χ1v) is 7.43. The van der Waals surface area contributed by atoms with Crippen molar-refractivity contribution >= 4 is 8.07 Å². The maximum atomic E-state index is 2.59. The zero-order valence-electron chi connectivity index (χ0n) is 7.78. The normalized spacial score (nSPS) is 41.1. The van der Waals surface area contributed by atoms with E-state index in [9.17, 15) is 0 Å². The molecule has 0 bridgehead atoms. The quantitative estimate of drug-likeness (QED) is 0.508. The molecule has 0 aromatic heterocycles. The molecule has 10 heavy (non-hydrogen) atoms. The highest BCUT2D eigenvalue weighted by Gasteiger charge is 2.39. The van der Waals surface area contributed by atoms with Crippen molar-refractivity contribution < 1.29 is 0 Å². The highest BCUT2D eigenvalue weighted by atomic mass is 28.3. The van der Waals surface area contributed by atoms with Crippen LogP contribution in [0.4, 0.5) is 0 Å². The SMILES string of the molecule is CC(C)[Si]1(C)CCC[C@H]1C. The Bertz CT molecular complexity index is 120. The lowest BCUT2D eigenvalue weighted by Crippen LogP contribution is -2.33. The summed E-state index contributed by atoms with van der Waals surface area (Å²) in [5.74, 6) is 0. The third-order valence-corrected chi connectivity index (χ3v) is 10.4. The Hall–Kier alpha value is 0.217. The second kappa shape index (κ2) is 2.69. The fourth-order valence-corrected chi connectivity index (χ4v) is 6.26. The summed E-state index contributed by atoms with van der Waals surface area (Å²) in [6.07, 6.45) is 3.03. The van der Waals surface area contributed by atoms with Crippen molar-refractivity contribution in [1.82, 2.24) is 0 Å². The van der Waals surface area contributed by atoms with Gasteiger partial charge in [0.05, 0.1) is 8.07 Å². The molecule has 1 fully saturated rings. The van der Waals surface area contributed by atoms with E-state index in [1.165, 1.54) is 12.8 Å². The summed E-state index contributed by atoms with van der Waals surface area (Å²) in [5.41, 5.74) is 2.09. The topological polar surface area (TPSA) is 0 Å². The van der Waals surface area contributed by atoms with Gasteiger partial charge in [0.2, 0.25) is 0 Å². The van der Waals surface area contributed by atoms with Gasteiger partial charge in [0.25, 0.3) is 0 Å². The third kappa shape index (κ3) is 1.16. The molecule has 0 aromatic rings. The first-order valence-electron chi connectivity index (χ1n) is 4.57. The number of hydrogen-bond donors (Lipinski definition) is 0. The van der Waals surface area contributed by atoms with Gasteiger partial charge in [-0.25, -0.2) is 0 Å². The van der Waals surface area contributed by atoms with Gasteiger partial charge in [-0.2, -0.15) is 0 Å². The van der Waals surface area contributed by atoms with Gasteiger partial charge in [-0.05, 0) is 5.54 Å². The van der Waals surface area contributed by atoms with Crippen molar-refractivity contribution in [3.05, 3.63) is 0 Å². The lowest BCUT2D eigenvalue weighted by atomic mass is 10.3. The molecule has 0 aliphatic carbocycles. The predicted octanol–water partition coefficient (Wildman–Crippen LogP) is 3.66. The van der Waals surface area contributed by atoms with Gasteiger partial charge in [0.15, 0.2) is 0 Å². The second-order valence-electron chi connectivity index (χ2n) is 4.45. The Kier molecular flexibility index (Phi) is 2.23. The average molecular weight is 156 g/mol. The van der Waals surface area contributed by atoms with Gasteiger partial charge in [-0.1, -0.05) is 51.7 Å². The summed E-state index contributed by atoms with van der Waals surface area (Å²) in [5, 5.41) is 0. The minimum atomic E-state index is -0.767. The molecular formula is C9H20Si. The van der Waals surface area contributed by atoms with Crippen molar-refractivity contribution in [3.63, 3.8) is 0 Å². The second-order valence-corrected chi connectivity index (χ2v) is 10.1. The van der Waals surface area contributed by atoms with Crippen LogP contribution in [-0.4, -0.2) is 8.07 Å². The minimum absolute atomic E-state index is 0.767. The van der Waals surface area contributed by atoms with E-state index in [-0.39, 0.29) is 0 Å². The molecule has 0 nitrogen and oxygen atoms in total. The summed E-state index contributed by atoms with van der Waals surface area (Å²) < 4.78 is 0. The molecule has 1 unspecified atom stereocenters. The molecule has 1 aliphatic heterocycles. The summed E-state index contributed by atoms with van der Waals surface area (Å²) in [6.45, 7) is 9.91. The third-order valence-electron chi connectivity index (χ3n) is 3.80. The van der Waals surface area contributed by atoms with Gasteiger partial charge in [0.1, 0.15) is 0 Å². The molecule has 2 atom stereocenters. The van der Waals surface area contributed by atoms with Crippen LogP contribution in [0.15, 0.2) is 0 Å². The molecule has 1 saturated heterocycles. The molecule has 1 aliphatic rings. The van der Waals surface area contributed by atoms with Crippen LogP contribution in [0.25, 0.3) is 0 Å². The molecule has 60 valence electrons. The summed E-state index contributed by atoms with van der Waals surface area (Å²) in [7, 11) is -0.767. The van der Waals surface area contributed by atoms with E-state index in [0.717, 1.165) is 11.1 Å². The van der Waals surface area contributed by atoms with Crippen LogP contribution < -0.4 is 0 Å². The van der Waals surface area contributed by atoms with Gasteiger partial charge in [-0.15, -0.1) is 0 Å². The van der Waals surface area contributed by atoms with Crippen molar-refractivity contribution in [1.29, 1.82) is 0 Å². The Morgan fingerprint density at radius 2 is 2.00 bits per heavy atom. The van der Waals surface area contributed by atoms with Crippen LogP contribution in [0, 0.1) is 0 Å². The van der Waals surface area contributed by atoms with E-state index in [1.54, 1.807) is 6.04 Å². The fourth-order valence-electron chi connectivity index (χ4n) is 2.22. The van der Waals surface area contributed by atoms with Crippen molar-refractivity contribution in [2.75, 3.05) is 0 Å². The molecule has 1 heteroatoms. The molecule has 0 amide bonds. The Labute approximate surface area is 66.0 Å². The smallest absolute Gasteiger partial charge is 0.0558 e. The van der Waals surface area contributed by atoms with Crippen LogP contribution in [0.3, 0.4) is 0 Å². The average Bonchev–Trinajstić information content (AvgIpc) is 2.15. The maximum Gasteiger partial charge on any atom is 0.0558 e. The van der Waals surface area contributed by atoms with Gasteiger partial charge in [0, 0.05) is 0 Å². The fraction of sp³-hybridized carbons (Fsp3) is 1.00. The standard InChI is InChI=1S/C9H20Si/c1-8(2)10(4)7-5-6-9(10)3/h8-9H,5-7H2,1-4H3/t9-,10?/m1/s1. The van der Waals surface area contributed by atoms with Gasteiger partial charge < -0.3 is 0 Å². The van der Waals surface area contributed by atoms with E-state index < -0.39 is 8.07 Å². The molecule has 0 saturated carbocycles. The highest BCUT2D eigenvalue weighted by Crippen LogP contribution is 2.45. The van der Waals surface area contributed by atoms with Crippen LogP contribution in [0.1, 0.15) is 33.6 Å². The highest BCUT2D eigenvalue weighted by molar-refractivity contribution is 6.81. The molecule has 0 spiro atoms. The van der Waals surface area contributed by atoms with E-state index in [0.29, 0.717) is 0 Å². The van der Waals surface area contributed by atoms with Crippen LogP contribution >= 0.6 is 0 Å². The van der Waals surface area contributed by atoms with Crippen molar-refractivity contribution in [2.24, 2.45) is 0 Å². The zero-order valence-corrected chi connectivity index (χ0v) is 8.78. The lowest BCUT2D eigenvalue weighted by Gasteiger charge is -2.31. The Morgan fingerprint density at radius 3 is 2.20 bits per heavy atom. The van der Waals surface area contributed by atoms with Crippen molar-refractivity contribution in [3.8, 4) is 0 Å². The van der Waals surface area contributed by atoms with E-state index in [1.807, 2.05) is 0 Å². The molecule has 0 radical (unpaired) electrons. The van der Waals surface area contributed by atoms with Crippen LogP contribution in [0.2, 0.25) is 23.7 Å².